The number of carbonyl (C=O) groups excluding carboxylic acids is 2. The SMILES string of the molecule is CCN(CC)CCN1C(=O)NC(C)(c2ccccc2)C1=O. The molecule has 0 spiro atoms. The summed E-state index contributed by atoms with van der Waals surface area (Å²) < 4.78 is 0. The average Bonchev–Trinajstić information content (AvgIpc) is 2.73. The molecule has 3 amide bonds. The molecule has 0 aliphatic carbocycles. The highest BCUT2D eigenvalue weighted by atomic mass is 16.2. The summed E-state index contributed by atoms with van der Waals surface area (Å²) in [5.41, 5.74) is -0.143. The summed E-state index contributed by atoms with van der Waals surface area (Å²) in [5, 5.41) is 2.83. The molecule has 0 radical (unpaired) electrons. The molecule has 1 N–H and O–H groups in total. The number of benzene rings is 1. The normalized spacial score (nSPS) is 22.0. The van der Waals surface area contributed by atoms with Crippen LogP contribution in [0.5, 0.6) is 0 Å². The van der Waals surface area contributed by atoms with Crippen LogP contribution in [0, 0.1) is 0 Å². The van der Waals surface area contributed by atoms with E-state index >= 15 is 0 Å². The first-order chi connectivity index (χ1) is 10.0. The first kappa shape index (κ1) is 15.5. The number of urea groups is 1. The van der Waals surface area contributed by atoms with E-state index in [0.29, 0.717) is 13.1 Å². The lowest BCUT2D eigenvalue weighted by molar-refractivity contribution is -0.131. The molecular formula is C16H23N3O2. The summed E-state index contributed by atoms with van der Waals surface area (Å²) in [6.07, 6.45) is 0. The molecule has 1 aliphatic heterocycles. The van der Waals surface area contributed by atoms with Crippen molar-refractivity contribution in [2.75, 3.05) is 26.2 Å². The van der Waals surface area contributed by atoms with E-state index in [2.05, 4.69) is 24.1 Å². The van der Waals surface area contributed by atoms with Gasteiger partial charge in [-0.3, -0.25) is 9.69 Å². The molecule has 5 heteroatoms. The van der Waals surface area contributed by atoms with Gasteiger partial charge in [0.25, 0.3) is 5.91 Å². The molecule has 1 aliphatic rings. The number of likely N-dealkylation sites (N-methyl/N-ethyl adjacent to an activating group) is 1. The van der Waals surface area contributed by atoms with Gasteiger partial charge in [-0.15, -0.1) is 0 Å². The van der Waals surface area contributed by atoms with Crippen molar-refractivity contribution in [3.8, 4) is 0 Å². The minimum absolute atomic E-state index is 0.175. The number of nitrogens with zero attached hydrogens (tertiary/aromatic N) is 2. The Hall–Kier alpha value is -1.88. The maximum Gasteiger partial charge on any atom is 0.325 e. The minimum atomic E-state index is -0.957. The molecule has 0 bridgehead atoms. The Labute approximate surface area is 125 Å². The minimum Gasteiger partial charge on any atom is -0.319 e. The fraction of sp³-hybridized carbons (Fsp3) is 0.500. The van der Waals surface area contributed by atoms with Crippen LogP contribution in [0.25, 0.3) is 0 Å². The van der Waals surface area contributed by atoms with Gasteiger partial charge in [0, 0.05) is 13.1 Å². The third kappa shape index (κ3) is 2.93. The monoisotopic (exact) mass is 289 g/mol. The van der Waals surface area contributed by atoms with Crippen molar-refractivity contribution < 1.29 is 9.59 Å². The molecule has 1 atom stereocenters. The molecule has 1 saturated heterocycles. The lowest BCUT2D eigenvalue weighted by Crippen LogP contribution is -2.42. The summed E-state index contributed by atoms with van der Waals surface area (Å²) >= 11 is 0. The second-order valence-electron chi connectivity index (χ2n) is 5.40. The van der Waals surface area contributed by atoms with Crippen molar-refractivity contribution in [3.05, 3.63) is 35.9 Å². The van der Waals surface area contributed by atoms with Crippen molar-refractivity contribution >= 4 is 11.9 Å². The van der Waals surface area contributed by atoms with Crippen LogP contribution in [0.15, 0.2) is 30.3 Å². The van der Waals surface area contributed by atoms with Gasteiger partial charge in [-0.1, -0.05) is 44.2 Å². The molecule has 1 heterocycles. The number of carbonyl (C=O) groups is 2. The molecule has 0 aromatic heterocycles. The average molecular weight is 289 g/mol. The van der Waals surface area contributed by atoms with Crippen LogP contribution in [0.3, 0.4) is 0 Å². The van der Waals surface area contributed by atoms with Crippen molar-refractivity contribution in [1.82, 2.24) is 15.1 Å². The maximum atomic E-state index is 12.7. The van der Waals surface area contributed by atoms with Gasteiger partial charge in [0.2, 0.25) is 0 Å². The number of nitrogens with one attached hydrogen (secondary N) is 1. The quantitative estimate of drug-likeness (QED) is 0.812. The first-order valence-corrected chi connectivity index (χ1v) is 7.45. The summed E-state index contributed by atoms with van der Waals surface area (Å²) in [6.45, 7) is 8.87. The number of amides is 3. The van der Waals surface area contributed by atoms with Gasteiger partial charge in [0.1, 0.15) is 5.54 Å². The predicted molar refractivity (Wildman–Crippen MR) is 81.8 cm³/mol. The summed E-state index contributed by atoms with van der Waals surface area (Å²) in [4.78, 5) is 28.3. The molecule has 21 heavy (non-hydrogen) atoms. The van der Waals surface area contributed by atoms with Gasteiger partial charge in [0.05, 0.1) is 0 Å². The highest BCUT2D eigenvalue weighted by Crippen LogP contribution is 2.28. The third-order valence-corrected chi connectivity index (χ3v) is 4.16. The van der Waals surface area contributed by atoms with E-state index in [1.54, 1.807) is 6.92 Å². The van der Waals surface area contributed by atoms with E-state index in [9.17, 15) is 9.59 Å². The van der Waals surface area contributed by atoms with Gasteiger partial charge >= 0.3 is 6.03 Å². The predicted octanol–water partition coefficient (Wildman–Crippen LogP) is 1.80. The van der Waals surface area contributed by atoms with Gasteiger partial charge in [-0.05, 0) is 25.6 Å². The molecule has 114 valence electrons. The second-order valence-corrected chi connectivity index (χ2v) is 5.40. The molecule has 1 aromatic rings. The largest absolute Gasteiger partial charge is 0.325 e. The maximum absolute atomic E-state index is 12.7. The standard InChI is InChI=1S/C16H23N3O2/c1-4-18(5-2)11-12-19-14(20)16(3,17-15(19)21)13-9-7-6-8-10-13/h6-10H,4-5,11-12H2,1-3H3,(H,17,21). The molecular weight excluding hydrogens is 266 g/mol. The molecule has 1 aromatic carbocycles. The van der Waals surface area contributed by atoms with Crippen LogP contribution in [0.1, 0.15) is 26.3 Å². The van der Waals surface area contributed by atoms with Crippen LogP contribution in [0.4, 0.5) is 4.79 Å². The Morgan fingerprint density at radius 2 is 1.76 bits per heavy atom. The number of hydrogen-bond acceptors (Lipinski definition) is 3. The fourth-order valence-corrected chi connectivity index (χ4v) is 2.65. The lowest BCUT2D eigenvalue weighted by atomic mass is 9.92. The molecule has 2 rings (SSSR count). The molecule has 5 nitrogen and oxygen atoms in total. The molecule has 1 fully saturated rings. The summed E-state index contributed by atoms with van der Waals surface area (Å²) in [5.74, 6) is -0.175. The van der Waals surface area contributed by atoms with Gasteiger partial charge in [0.15, 0.2) is 0 Å². The van der Waals surface area contributed by atoms with Crippen molar-refractivity contribution in [2.24, 2.45) is 0 Å². The summed E-state index contributed by atoms with van der Waals surface area (Å²) in [7, 11) is 0. The van der Waals surface area contributed by atoms with E-state index in [1.165, 1.54) is 4.90 Å². The Morgan fingerprint density at radius 3 is 2.33 bits per heavy atom. The first-order valence-electron chi connectivity index (χ1n) is 7.45. The fourth-order valence-electron chi connectivity index (χ4n) is 2.65. The second kappa shape index (κ2) is 6.26. The summed E-state index contributed by atoms with van der Waals surface area (Å²) in [6, 6.07) is 9.07. The highest BCUT2D eigenvalue weighted by Gasteiger charge is 2.48. The molecule has 1 unspecified atom stereocenters. The topological polar surface area (TPSA) is 52.6 Å². The Morgan fingerprint density at radius 1 is 1.14 bits per heavy atom. The number of hydrogen-bond donors (Lipinski definition) is 1. The zero-order valence-corrected chi connectivity index (χ0v) is 12.9. The zero-order valence-electron chi connectivity index (χ0n) is 12.9. The van der Waals surface area contributed by atoms with E-state index in [-0.39, 0.29) is 11.9 Å². The van der Waals surface area contributed by atoms with E-state index in [0.717, 1.165) is 18.7 Å². The third-order valence-electron chi connectivity index (χ3n) is 4.16. The van der Waals surface area contributed by atoms with Crippen molar-refractivity contribution in [2.45, 2.75) is 26.3 Å². The van der Waals surface area contributed by atoms with Crippen LogP contribution in [-0.2, 0) is 10.3 Å². The van der Waals surface area contributed by atoms with Crippen molar-refractivity contribution in [1.29, 1.82) is 0 Å². The van der Waals surface area contributed by atoms with E-state index < -0.39 is 5.54 Å². The molecule has 0 saturated carbocycles. The van der Waals surface area contributed by atoms with Crippen LogP contribution < -0.4 is 5.32 Å². The Kier molecular flexibility index (Phi) is 4.63. The Balaban J connectivity index is 2.13. The van der Waals surface area contributed by atoms with Crippen LogP contribution in [-0.4, -0.2) is 47.9 Å². The van der Waals surface area contributed by atoms with Gasteiger partial charge in [-0.25, -0.2) is 4.79 Å². The van der Waals surface area contributed by atoms with Crippen molar-refractivity contribution in [3.63, 3.8) is 0 Å². The zero-order chi connectivity index (χ0) is 15.5. The van der Waals surface area contributed by atoms with Crippen LogP contribution in [0.2, 0.25) is 0 Å². The highest BCUT2D eigenvalue weighted by molar-refractivity contribution is 6.07. The van der Waals surface area contributed by atoms with E-state index in [1.807, 2.05) is 30.3 Å². The smallest absolute Gasteiger partial charge is 0.319 e. The van der Waals surface area contributed by atoms with Gasteiger partial charge in [-0.2, -0.15) is 0 Å². The Bertz CT molecular complexity index is 514. The van der Waals surface area contributed by atoms with Crippen LogP contribution >= 0.6 is 0 Å². The van der Waals surface area contributed by atoms with E-state index in [4.69, 9.17) is 0 Å². The number of rotatable bonds is 6. The lowest BCUT2D eigenvalue weighted by Gasteiger charge is -2.23. The van der Waals surface area contributed by atoms with Gasteiger partial charge < -0.3 is 10.2 Å². The number of imide groups is 1.